The van der Waals surface area contributed by atoms with E-state index in [0.717, 1.165) is 11.3 Å². The minimum absolute atomic E-state index is 0.117. The Balaban J connectivity index is 1.96. The Morgan fingerprint density at radius 3 is 2.40 bits per heavy atom. The zero-order valence-electron chi connectivity index (χ0n) is 23.1. The van der Waals surface area contributed by atoms with Crippen molar-refractivity contribution in [3.05, 3.63) is 69.2 Å². The number of aliphatic hydroxyl groups excluding tert-OH is 1. The lowest BCUT2D eigenvalue weighted by atomic mass is 9.93. The van der Waals surface area contributed by atoms with Crippen LogP contribution in [0.1, 0.15) is 51.9 Å². The molecule has 10 nitrogen and oxygen atoms in total. The molecule has 1 saturated heterocycles. The maximum atomic E-state index is 13.6. The fraction of sp³-hybridized carbons (Fsp3) is 0.310. The number of hydrogen-bond donors (Lipinski definition) is 1. The predicted octanol–water partition coefficient (Wildman–Crippen LogP) is 4.98. The molecule has 1 aliphatic rings. The van der Waals surface area contributed by atoms with Gasteiger partial charge in [-0.2, -0.15) is 0 Å². The number of esters is 1. The third-order valence-electron chi connectivity index (χ3n) is 6.39. The van der Waals surface area contributed by atoms with Crippen LogP contribution < -0.4 is 19.1 Å². The van der Waals surface area contributed by atoms with E-state index in [1.807, 2.05) is 6.92 Å². The van der Waals surface area contributed by atoms with Crippen molar-refractivity contribution in [2.75, 3.05) is 32.3 Å². The summed E-state index contributed by atoms with van der Waals surface area (Å²) in [5, 5.41) is 11.6. The second-order valence-electron chi connectivity index (χ2n) is 8.82. The van der Waals surface area contributed by atoms with Gasteiger partial charge in [0.15, 0.2) is 16.6 Å². The van der Waals surface area contributed by atoms with Crippen LogP contribution in [0.15, 0.2) is 42.0 Å². The van der Waals surface area contributed by atoms with Crippen LogP contribution in [0.25, 0.3) is 5.76 Å². The molecule has 1 amide bonds. The first-order valence-electron chi connectivity index (χ1n) is 12.6. The van der Waals surface area contributed by atoms with E-state index >= 15 is 0 Å². The number of aryl methyl sites for hydroxylation is 2. The summed E-state index contributed by atoms with van der Waals surface area (Å²) >= 11 is 0.938. The number of anilines is 1. The van der Waals surface area contributed by atoms with Gasteiger partial charge < -0.3 is 24.1 Å². The molecule has 2 aromatic carbocycles. The molecule has 1 aromatic heterocycles. The quantitative estimate of drug-likeness (QED) is 0.165. The Hall–Kier alpha value is -4.38. The number of rotatable bonds is 9. The van der Waals surface area contributed by atoms with Crippen LogP contribution in [0.5, 0.6) is 17.2 Å². The lowest BCUT2D eigenvalue weighted by Gasteiger charge is -2.24. The molecule has 0 bridgehead atoms. The Labute approximate surface area is 235 Å². The lowest BCUT2D eigenvalue weighted by molar-refractivity contribution is -0.132. The highest BCUT2D eigenvalue weighted by molar-refractivity contribution is 7.17. The van der Waals surface area contributed by atoms with E-state index in [1.54, 1.807) is 57.2 Å². The van der Waals surface area contributed by atoms with Gasteiger partial charge in [0.2, 0.25) is 0 Å². The first kappa shape index (κ1) is 28.6. The van der Waals surface area contributed by atoms with E-state index < -0.39 is 23.7 Å². The number of hydrogen-bond acceptors (Lipinski definition) is 10. The minimum atomic E-state index is -1.08. The summed E-state index contributed by atoms with van der Waals surface area (Å²) in [5.74, 6) is -1.27. The number of nitrogens with zero attached hydrogens (tertiary/aromatic N) is 2. The molecule has 210 valence electrons. The van der Waals surface area contributed by atoms with Crippen LogP contribution in [0.2, 0.25) is 0 Å². The molecule has 40 heavy (non-hydrogen) atoms. The van der Waals surface area contributed by atoms with Gasteiger partial charge in [0.05, 0.1) is 44.7 Å². The fourth-order valence-electron chi connectivity index (χ4n) is 4.52. The second-order valence-corrected chi connectivity index (χ2v) is 9.80. The SMILES string of the molecule is CCOC(=O)c1sc(N2C(=O)C(=O)/C(=C(/O)c3ccc(OC)cc3C)[C@@H]2c2ccc(OCC)c(OC)c2)nc1C. The zero-order valence-corrected chi connectivity index (χ0v) is 23.9. The van der Waals surface area contributed by atoms with Crippen molar-refractivity contribution in [1.29, 1.82) is 0 Å². The molecular formula is C29H30N2O8S. The maximum absolute atomic E-state index is 13.6. The summed E-state index contributed by atoms with van der Waals surface area (Å²) in [6.45, 7) is 7.49. The first-order chi connectivity index (χ1) is 19.2. The summed E-state index contributed by atoms with van der Waals surface area (Å²) in [6, 6.07) is 8.94. The maximum Gasteiger partial charge on any atom is 0.350 e. The average molecular weight is 567 g/mol. The van der Waals surface area contributed by atoms with Gasteiger partial charge in [-0.15, -0.1) is 0 Å². The van der Waals surface area contributed by atoms with E-state index in [2.05, 4.69) is 4.98 Å². The second kappa shape index (κ2) is 11.8. The molecule has 0 saturated carbocycles. The molecule has 0 unspecified atom stereocenters. The largest absolute Gasteiger partial charge is 0.507 e. The number of ether oxygens (including phenoxy) is 4. The van der Waals surface area contributed by atoms with E-state index in [0.29, 0.717) is 46.2 Å². The standard InChI is InChI=1S/C29H30N2O8S/c1-7-38-20-12-9-17(14-21(20)37-6)23-22(24(32)19-11-10-18(36-5)13-15(19)3)25(33)27(34)31(23)29-30-16(4)26(40-29)28(35)39-8-2/h9-14,23,32H,7-8H2,1-6H3/b24-22+/t23-/m0/s1. The molecule has 11 heteroatoms. The van der Waals surface area contributed by atoms with E-state index in [-0.39, 0.29) is 27.9 Å². The smallest absolute Gasteiger partial charge is 0.350 e. The van der Waals surface area contributed by atoms with Crippen molar-refractivity contribution in [3.8, 4) is 17.2 Å². The number of methoxy groups -OCH3 is 2. The first-order valence-corrected chi connectivity index (χ1v) is 13.4. The molecule has 4 rings (SSSR count). The monoisotopic (exact) mass is 566 g/mol. The van der Waals surface area contributed by atoms with Crippen LogP contribution in [0.4, 0.5) is 5.13 Å². The van der Waals surface area contributed by atoms with Gasteiger partial charge >= 0.3 is 11.9 Å². The summed E-state index contributed by atoms with van der Waals surface area (Å²) in [7, 11) is 3.01. The number of carbonyl (C=O) groups is 3. The molecule has 0 spiro atoms. The molecule has 1 fully saturated rings. The van der Waals surface area contributed by atoms with Crippen LogP contribution in [0, 0.1) is 13.8 Å². The van der Waals surface area contributed by atoms with E-state index in [4.69, 9.17) is 18.9 Å². The third kappa shape index (κ3) is 5.12. The Kier molecular flexibility index (Phi) is 8.43. The van der Waals surface area contributed by atoms with Crippen molar-refractivity contribution < 1.29 is 38.4 Å². The van der Waals surface area contributed by atoms with Crippen molar-refractivity contribution in [2.45, 2.75) is 33.7 Å². The lowest BCUT2D eigenvalue weighted by Crippen LogP contribution is -2.29. The molecule has 0 radical (unpaired) electrons. The number of benzene rings is 2. The molecule has 2 heterocycles. The van der Waals surface area contributed by atoms with E-state index in [9.17, 15) is 19.5 Å². The molecule has 0 aliphatic carbocycles. The van der Waals surface area contributed by atoms with Crippen molar-refractivity contribution in [2.24, 2.45) is 0 Å². The number of aliphatic hydroxyl groups is 1. The number of carbonyl (C=O) groups excluding carboxylic acids is 3. The molecule has 1 N–H and O–H groups in total. The highest BCUT2D eigenvalue weighted by Gasteiger charge is 2.48. The van der Waals surface area contributed by atoms with Gasteiger partial charge in [-0.05, 0) is 69.2 Å². The molecule has 1 atom stereocenters. The fourth-order valence-corrected chi connectivity index (χ4v) is 5.51. The molecule has 1 aliphatic heterocycles. The zero-order chi connectivity index (χ0) is 29.1. The number of ketones is 1. The van der Waals surface area contributed by atoms with Crippen LogP contribution in [-0.4, -0.2) is 55.2 Å². The van der Waals surface area contributed by atoms with Crippen LogP contribution >= 0.6 is 11.3 Å². The number of thiazole rings is 1. The van der Waals surface area contributed by atoms with Crippen molar-refractivity contribution >= 4 is 39.9 Å². The number of Topliss-reactive ketones (excluding diaryl/α,β-unsaturated/α-hetero) is 1. The van der Waals surface area contributed by atoms with Crippen molar-refractivity contribution in [1.82, 2.24) is 4.98 Å². The predicted molar refractivity (Wildman–Crippen MR) is 149 cm³/mol. The Morgan fingerprint density at radius 2 is 1.77 bits per heavy atom. The topological polar surface area (TPSA) is 124 Å². The van der Waals surface area contributed by atoms with Crippen LogP contribution in [-0.2, 0) is 14.3 Å². The minimum Gasteiger partial charge on any atom is -0.507 e. The summed E-state index contributed by atoms with van der Waals surface area (Å²) in [6.07, 6.45) is 0. The highest BCUT2D eigenvalue weighted by atomic mass is 32.1. The van der Waals surface area contributed by atoms with Gasteiger partial charge in [-0.1, -0.05) is 17.4 Å². The third-order valence-corrected chi connectivity index (χ3v) is 7.53. The summed E-state index contributed by atoms with van der Waals surface area (Å²) in [4.78, 5) is 45.5. The number of amides is 1. The Morgan fingerprint density at radius 1 is 1.02 bits per heavy atom. The van der Waals surface area contributed by atoms with Gasteiger partial charge in [0, 0.05) is 5.56 Å². The van der Waals surface area contributed by atoms with Gasteiger partial charge in [0.25, 0.3) is 5.78 Å². The molecular weight excluding hydrogens is 536 g/mol. The molecule has 3 aromatic rings. The number of aromatic nitrogens is 1. The summed E-state index contributed by atoms with van der Waals surface area (Å²) < 4.78 is 21.6. The highest BCUT2D eigenvalue weighted by Crippen LogP contribution is 2.46. The van der Waals surface area contributed by atoms with Gasteiger partial charge in [-0.25, -0.2) is 9.78 Å². The van der Waals surface area contributed by atoms with Gasteiger partial charge in [-0.3, -0.25) is 14.5 Å². The van der Waals surface area contributed by atoms with Crippen LogP contribution in [0.3, 0.4) is 0 Å². The van der Waals surface area contributed by atoms with Gasteiger partial charge in [0.1, 0.15) is 16.4 Å². The Bertz CT molecular complexity index is 1510. The average Bonchev–Trinajstić information content (AvgIpc) is 3.45. The summed E-state index contributed by atoms with van der Waals surface area (Å²) in [5.41, 5.74) is 1.70. The van der Waals surface area contributed by atoms with Crippen molar-refractivity contribution in [3.63, 3.8) is 0 Å². The normalized spacial score (nSPS) is 16.2. The van der Waals surface area contributed by atoms with E-state index in [1.165, 1.54) is 19.1 Å².